The van der Waals surface area contributed by atoms with Gasteiger partial charge in [0.25, 0.3) is 0 Å². The summed E-state index contributed by atoms with van der Waals surface area (Å²) >= 11 is 0. The van der Waals surface area contributed by atoms with Gasteiger partial charge >= 0.3 is 0 Å². The van der Waals surface area contributed by atoms with Gasteiger partial charge in [0.05, 0.1) is 18.4 Å². The molecule has 0 bridgehead atoms. The summed E-state index contributed by atoms with van der Waals surface area (Å²) in [4.78, 5) is 6.85. The predicted octanol–water partition coefficient (Wildman–Crippen LogP) is 4.19. The van der Waals surface area contributed by atoms with E-state index in [-0.39, 0.29) is 36.1 Å². The summed E-state index contributed by atoms with van der Waals surface area (Å²) in [7, 11) is 1.80. The van der Waals surface area contributed by atoms with Gasteiger partial charge in [0.1, 0.15) is 11.5 Å². The van der Waals surface area contributed by atoms with Gasteiger partial charge in [-0.1, -0.05) is 12.1 Å². The van der Waals surface area contributed by atoms with E-state index in [9.17, 15) is 0 Å². The Kier molecular flexibility index (Phi) is 9.80. The van der Waals surface area contributed by atoms with Gasteiger partial charge in [0.15, 0.2) is 5.96 Å². The van der Waals surface area contributed by atoms with Gasteiger partial charge in [0.2, 0.25) is 0 Å². The first-order valence-electron chi connectivity index (χ1n) is 10.1. The third kappa shape index (κ3) is 7.22. The first-order chi connectivity index (χ1) is 13.7. The highest BCUT2D eigenvalue weighted by atomic mass is 127. The SMILES string of the molecule is CN=C(NCc1cccc(OC(C)C)c1)NCC(c1ccco1)N1CCCC1.I. The summed E-state index contributed by atoms with van der Waals surface area (Å²) in [5.41, 5.74) is 1.16. The number of nitrogens with zero attached hydrogens (tertiary/aromatic N) is 2. The van der Waals surface area contributed by atoms with Gasteiger partial charge in [-0.25, -0.2) is 0 Å². The largest absolute Gasteiger partial charge is 0.491 e. The van der Waals surface area contributed by atoms with Crippen LogP contribution < -0.4 is 15.4 Å². The lowest BCUT2D eigenvalue weighted by Gasteiger charge is -2.26. The molecular weight excluding hydrogens is 479 g/mol. The van der Waals surface area contributed by atoms with Crippen LogP contribution in [0, 0.1) is 0 Å². The molecule has 0 spiro atoms. The van der Waals surface area contributed by atoms with Gasteiger partial charge in [0, 0.05) is 20.1 Å². The molecule has 0 amide bonds. The van der Waals surface area contributed by atoms with E-state index in [1.807, 2.05) is 32.0 Å². The van der Waals surface area contributed by atoms with Gasteiger partial charge in [-0.2, -0.15) is 0 Å². The molecule has 160 valence electrons. The van der Waals surface area contributed by atoms with Crippen LogP contribution in [0.25, 0.3) is 0 Å². The van der Waals surface area contributed by atoms with Crippen molar-refractivity contribution in [3.05, 3.63) is 54.0 Å². The number of likely N-dealkylation sites (tertiary alicyclic amines) is 1. The number of nitrogens with one attached hydrogen (secondary N) is 2. The molecule has 6 nitrogen and oxygen atoms in total. The Labute approximate surface area is 191 Å². The average Bonchev–Trinajstić information content (AvgIpc) is 3.39. The van der Waals surface area contributed by atoms with Crippen LogP contribution in [0.5, 0.6) is 5.75 Å². The Hall–Kier alpha value is -1.74. The summed E-state index contributed by atoms with van der Waals surface area (Å²) in [5.74, 6) is 2.68. The second-order valence-electron chi connectivity index (χ2n) is 7.39. The summed E-state index contributed by atoms with van der Waals surface area (Å²) < 4.78 is 11.5. The molecule has 1 unspecified atom stereocenters. The van der Waals surface area contributed by atoms with Gasteiger partial charge in [-0.3, -0.25) is 9.89 Å². The topological polar surface area (TPSA) is 62.0 Å². The van der Waals surface area contributed by atoms with Crippen LogP contribution in [-0.2, 0) is 6.54 Å². The Bertz CT molecular complexity index is 743. The van der Waals surface area contributed by atoms with Crippen LogP contribution in [0.1, 0.15) is 44.1 Å². The van der Waals surface area contributed by atoms with Crippen molar-refractivity contribution in [2.24, 2.45) is 4.99 Å². The van der Waals surface area contributed by atoms with E-state index < -0.39 is 0 Å². The molecule has 3 rings (SSSR count). The monoisotopic (exact) mass is 512 g/mol. The van der Waals surface area contributed by atoms with Crippen molar-refractivity contribution in [2.75, 3.05) is 26.7 Å². The van der Waals surface area contributed by atoms with E-state index in [0.29, 0.717) is 6.54 Å². The second kappa shape index (κ2) is 12.1. The minimum absolute atomic E-state index is 0. The number of furan rings is 1. The Morgan fingerprint density at radius 1 is 1.17 bits per heavy atom. The molecule has 0 saturated carbocycles. The Balaban J connectivity index is 0.00000300. The molecule has 1 aromatic heterocycles. The molecule has 1 aliphatic rings. The predicted molar refractivity (Wildman–Crippen MR) is 128 cm³/mol. The molecule has 2 aromatic rings. The summed E-state index contributed by atoms with van der Waals surface area (Å²) in [6.07, 6.45) is 4.41. The number of hydrogen-bond donors (Lipinski definition) is 2. The third-order valence-corrected chi connectivity index (χ3v) is 4.87. The molecule has 1 fully saturated rings. The molecule has 2 heterocycles. The lowest BCUT2D eigenvalue weighted by atomic mass is 10.2. The van der Waals surface area contributed by atoms with Crippen molar-refractivity contribution in [3.63, 3.8) is 0 Å². The third-order valence-electron chi connectivity index (χ3n) is 4.87. The first-order valence-corrected chi connectivity index (χ1v) is 10.1. The lowest BCUT2D eigenvalue weighted by molar-refractivity contribution is 0.215. The standard InChI is InChI=1S/C22H32N4O2.HI/c1-17(2)28-19-9-6-8-18(14-19)15-24-22(23-3)25-16-20(21-10-7-13-27-21)26-11-4-5-12-26;/h6-10,13-14,17,20H,4-5,11-12,15-16H2,1-3H3,(H2,23,24,25);1H. The highest BCUT2D eigenvalue weighted by Gasteiger charge is 2.25. The van der Waals surface area contributed by atoms with Crippen molar-refractivity contribution < 1.29 is 9.15 Å². The number of rotatable bonds is 8. The van der Waals surface area contributed by atoms with Crippen molar-refractivity contribution in [3.8, 4) is 5.75 Å². The van der Waals surface area contributed by atoms with E-state index in [4.69, 9.17) is 9.15 Å². The van der Waals surface area contributed by atoms with E-state index in [1.54, 1.807) is 13.3 Å². The normalized spacial score (nSPS) is 15.8. The van der Waals surface area contributed by atoms with Crippen molar-refractivity contribution >= 4 is 29.9 Å². The van der Waals surface area contributed by atoms with Crippen LogP contribution in [0.3, 0.4) is 0 Å². The maximum atomic E-state index is 5.78. The molecule has 1 aliphatic heterocycles. The van der Waals surface area contributed by atoms with Crippen LogP contribution in [-0.4, -0.2) is 43.6 Å². The zero-order valence-electron chi connectivity index (χ0n) is 17.6. The van der Waals surface area contributed by atoms with Crippen LogP contribution in [0.2, 0.25) is 0 Å². The maximum Gasteiger partial charge on any atom is 0.191 e. The quantitative estimate of drug-likeness (QED) is 0.316. The van der Waals surface area contributed by atoms with Gasteiger partial charge in [-0.15, -0.1) is 24.0 Å². The van der Waals surface area contributed by atoms with E-state index in [2.05, 4.69) is 38.7 Å². The lowest BCUT2D eigenvalue weighted by Crippen LogP contribution is -2.42. The summed E-state index contributed by atoms with van der Waals surface area (Å²) in [6, 6.07) is 12.4. The number of benzene rings is 1. The molecule has 7 heteroatoms. The second-order valence-corrected chi connectivity index (χ2v) is 7.39. The van der Waals surface area contributed by atoms with Crippen molar-refractivity contribution in [1.82, 2.24) is 15.5 Å². The number of aliphatic imine (C=N–C) groups is 1. The number of ether oxygens (including phenoxy) is 1. The minimum atomic E-state index is 0. The Morgan fingerprint density at radius 3 is 2.62 bits per heavy atom. The van der Waals surface area contributed by atoms with Gasteiger partial charge < -0.3 is 19.8 Å². The number of guanidine groups is 1. The first kappa shape index (κ1) is 23.5. The zero-order valence-corrected chi connectivity index (χ0v) is 19.9. The molecule has 0 radical (unpaired) electrons. The Morgan fingerprint density at radius 2 is 1.97 bits per heavy atom. The van der Waals surface area contributed by atoms with Crippen molar-refractivity contribution in [2.45, 2.75) is 45.4 Å². The molecule has 1 atom stereocenters. The molecule has 29 heavy (non-hydrogen) atoms. The fraction of sp³-hybridized carbons (Fsp3) is 0.500. The molecule has 2 N–H and O–H groups in total. The van der Waals surface area contributed by atoms with Crippen molar-refractivity contribution in [1.29, 1.82) is 0 Å². The summed E-state index contributed by atoms with van der Waals surface area (Å²) in [6.45, 7) is 7.73. The average molecular weight is 512 g/mol. The molecule has 1 aromatic carbocycles. The highest BCUT2D eigenvalue weighted by molar-refractivity contribution is 14.0. The van der Waals surface area contributed by atoms with Gasteiger partial charge in [-0.05, 0) is 69.6 Å². The smallest absolute Gasteiger partial charge is 0.191 e. The maximum absolute atomic E-state index is 5.78. The summed E-state index contributed by atoms with van der Waals surface area (Å²) in [5, 5.41) is 6.85. The van der Waals surface area contributed by atoms with Crippen LogP contribution >= 0.6 is 24.0 Å². The van der Waals surface area contributed by atoms with Crippen LogP contribution in [0.15, 0.2) is 52.1 Å². The molecule has 1 saturated heterocycles. The molecule has 0 aliphatic carbocycles. The number of hydrogen-bond acceptors (Lipinski definition) is 4. The van der Waals surface area contributed by atoms with E-state index in [1.165, 1.54) is 12.8 Å². The zero-order chi connectivity index (χ0) is 19.8. The fourth-order valence-electron chi connectivity index (χ4n) is 3.54. The van der Waals surface area contributed by atoms with E-state index in [0.717, 1.165) is 42.7 Å². The number of halogens is 1. The molecular formula is C22H33IN4O2. The minimum Gasteiger partial charge on any atom is -0.491 e. The fourth-order valence-corrected chi connectivity index (χ4v) is 3.54. The van der Waals surface area contributed by atoms with Crippen LogP contribution in [0.4, 0.5) is 0 Å². The highest BCUT2D eigenvalue weighted by Crippen LogP contribution is 2.24. The van der Waals surface area contributed by atoms with E-state index >= 15 is 0 Å².